The number of carbonyl (C=O) groups excluding carboxylic acids is 1. The van der Waals surface area contributed by atoms with E-state index in [0.717, 1.165) is 23.0 Å². The average Bonchev–Trinajstić information content (AvgIpc) is 3.15. The van der Waals surface area contributed by atoms with Gasteiger partial charge < -0.3 is 13.9 Å². The van der Waals surface area contributed by atoms with E-state index in [9.17, 15) is 9.59 Å². The standard InChI is InChI=1S/C25H26N4O3/c1-2-32-17-9-16-29-22-14-7-6-13-21(22)26-25(29)27-23(30)20-12-8-15-28(24(20)31)18-19-10-4-3-5-11-19/h3-8,10-15H,2,9,16-18H2,1H3,(H,26,27,30). The molecule has 7 nitrogen and oxygen atoms in total. The lowest BCUT2D eigenvalue weighted by atomic mass is 10.2. The number of fused-ring (bicyclic) bond motifs is 1. The quantitative estimate of drug-likeness (QED) is 0.408. The van der Waals surface area contributed by atoms with Crippen molar-refractivity contribution in [3.05, 3.63) is 94.4 Å². The van der Waals surface area contributed by atoms with E-state index in [0.29, 0.717) is 32.3 Å². The molecule has 1 amide bonds. The molecule has 7 heteroatoms. The molecule has 164 valence electrons. The van der Waals surface area contributed by atoms with Gasteiger partial charge in [0, 0.05) is 26.0 Å². The SMILES string of the molecule is CCOCCCn1c(NC(=O)c2cccn(Cc3ccccc3)c2=O)nc2ccccc21. The predicted octanol–water partition coefficient (Wildman–Crippen LogP) is 3.93. The van der Waals surface area contributed by atoms with Gasteiger partial charge in [-0.25, -0.2) is 4.98 Å². The van der Waals surface area contributed by atoms with Crippen LogP contribution in [0.3, 0.4) is 0 Å². The maximum Gasteiger partial charge on any atom is 0.263 e. The van der Waals surface area contributed by atoms with E-state index in [1.54, 1.807) is 18.3 Å². The molecule has 0 saturated heterocycles. The zero-order chi connectivity index (χ0) is 22.3. The van der Waals surface area contributed by atoms with Crippen molar-refractivity contribution in [3.8, 4) is 0 Å². The van der Waals surface area contributed by atoms with Crippen molar-refractivity contribution in [2.24, 2.45) is 0 Å². The first kappa shape index (κ1) is 21.5. The van der Waals surface area contributed by atoms with Gasteiger partial charge in [0.15, 0.2) is 0 Å². The van der Waals surface area contributed by atoms with Gasteiger partial charge in [-0.1, -0.05) is 42.5 Å². The molecule has 0 atom stereocenters. The van der Waals surface area contributed by atoms with E-state index in [-0.39, 0.29) is 11.1 Å². The molecule has 0 aliphatic carbocycles. The van der Waals surface area contributed by atoms with Crippen molar-refractivity contribution in [2.75, 3.05) is 18.5 Å². The van der Waals surface area contributed by atoms with Crippen LogP contribution in [0.25, 0.3) is 11.0 Å². The maximum absolute atomic E-state index is 13.0. The van der Waals surface area contributed by atoms with Gasteiger partial charge in [-0.15, -0.1) is 0 Å². The maximum atomic E-state index is 13.0. The minimum absolute atomic E-state index is 0.0800. The van der Waals surface area contributed by atoms with Crippen molar-refractivity contribution in [1.29, 1.82) is 0 Å². The lowest BCUT2D eigenvalue weighted by molar-refractivity contribution is 0.102. The number of pyridine rings is 1. The van der Waals surface area contributed by atoms with Crippen molar-refractivity contribution in [3.63, 3.8) is 0 Å². The first-order chi connectivity index (χ1) is 15.7. The Kier molecular flexibility index (Phi) is 6.77. The van der Waals surface area contributed by atoms with Crippen molar-refractivity contribution in [2.45, 2.75) is 26.4 Å². The Hall–Kier alpha value is -3.71. The van der Waals surface area contributed by atoms with Gasteiger partial charge in [-0.2, -0.15) is 0 Å². The van der Waals surface area contributed by atoms with Crippen LogP contribution in [0.5, 0.6) is 0 Å². The molecule has 2 aromatic heterocycles. The van der Waals surface area contributed by atoms with Crippen LogP contribution in [0.1, 0.15) is 29.3 Å². The van der Waals surface area contributed by atoms with Crippen LogP contribution < -0.4 is 10.9 Å². The molecule has 0 saturated carbocycles. The molecule has 0 radical (unpaired) electrons. The lowest BCUT2D eigenvalue weighted by Crippen LogP contribution is -2.29. The second kappa shape index (κ2) is 10.1. The number of imidazole rings is 1. The molecule has 0 bridgehead atoms. The molecule has 2 aromatic carbocycles. The Balaban J connectivity index is 1.59. The highest BCUT2D eigenvalue weighted by atomic mass is 16.5. The highest BCUT2D eigenvalue weighted by molar-refractivity contribution is 6.03. The van der Waals surface area contributed by atoms with Gasteiger partial charge >= 0.3 is 0 Å². The third-order valence-electron chi connectivity index (χ3n) is 5.21. The number of para-hydroxylation sites is 2. The van der Waals surface area contributed by atoms with Crippen LogP contribution in [-0.4, -0.2) is 33.2 Å². The fourth-order valence-corrected chi connectivity index (χ4v) is 3.65. The van der Waals surface area contributed by atoms with Gasteiger partial charge in [0.25, 0.3) is 11.5 Å². The molecule has 1 N–H and O–H groups in total. The second-order valence-corrected chi connectivity index (χ2v) is 7.42. The van der Waals surface area contributed by atoms with Crippen molar-refractivity contribution >= 4 is 22.9 Å². The molecule has 0 aliphatic heterocycles. The fraction of sp³-hybridized carbons (Fsp3) is 0.240. The lowest BCUT2D eigenvalue weighted by Gasteiger charge is -2.11. The summed E-state index contributed by atoms with van der Waals surface area (Å²) in [6.45, 7) is 4.29. The Bertz CT molecular complexity index is 1260. The fourth-order valence-electron chi connectivity index (χ4n) is 3.65. The van der Waals surface area contributed by atoms with Gasteiger partial charge in [0.1, 0.15) is 5.56 Å². The molecule has 2 heterocycles. The number of hydrogen-bond acceptors (Lipinski definition) is 4. The molecule has 0 fully saturated rings. The molecule has 4 aromatic rings. The number of aromatic nitrogens is 3. The molecule has 0 spiro atoms. The van der Waals surface area contributed by atoms with E-state index < -0.39 is 5.91 Å². The number of amides is 1. The number of hydrogen-bond donors (Lipinski definition) is 1. The highest BCUT2D eigenvalue weighted by Crippen LogP contribution is 2.20. The summed E-state index contributed by atoms with van der Waals surface area (Å²) in [4.78, 5) is 30.6. The molecular formula is C25H26N4O3. The summed E-state index contributed by atoms with van der Waals surface area (Å²) in [7, 11) is 0. The summed E-state index contributed by atoms with van der Waals surface area (Å²) in [6, 6.07) is 20.6. The van der Waals surface area contributed by atoms with E-state index in [4.69, 9.17) is 4.74 Å². The number of nitrogens with one attached hydrogen (secondary N) is 1. The number of nitrogens with zero attached hydrogens (tertiary/aromatic N) is 3. The normalized spacial score (nSPS) is 11.0. The Morgan fingerprint density at radius 1 is 1.03 bits per heavy atom. The minimum Gasteiger partial charge on any atom is -0.382 e. The van der Waals surface area contributed by atoms with Crippen LogP contribution in [0, 0.1) is 0 Å². The Morgan fingerprint density at radius 3 is 2.62 bits per heavy atom. The number of rotatable bonds is 9. The van der Waals surface area contributed by atoms with E-state index in [2.05, 4.69) is 10.3 Å². The monoisotopic (exact) mass is 430 g/mol. The molecule has 32 heavy (non-hydrogen) atoms. The summed E-state index contributed by atoms with van der Waals surface area (Å²) in [5.41, 5.74) is 2.44. The predicted molar refractivity (Wildman–Crippen MR) is 125 cm³/mol. The summed E-state index contributed by atoms with van der Waals surface area (Å²) >= 11 is 0. The van der Waals surface area contributed by atoms with Crippen LogP contribution in [-0.2, 0) is 17.8 Å². The summed E-state index contributed by atoms with van der Waals surface area (Å²) in [5, 5.41) is 2.85. The van der Waals surface area contributed by atoms with E-state index >= 15 is 0 Å². The molecule has 0 aliphatic rings. The number of aryl methyl sites for hydroxylation is 1. The van der Waals surface area contributed by atoms with Crippen LogP contribution in [0.15, 0.2) is 77.7 Å². The summed E-state index contributed by atoms with van der Waals surface area (Å²) in [5.74, 6) is -0.0515. The summed E-state index contributed by atoms with van der Waals surface area (Å²) in [6.07, 6.45) is 2.47. The number of anilines is 1. The Morgan fingerprint density at radius 2 is 1.81 bits per heavy atom. The van der Waals surface area contributed by atoms with Crippen LogP contribution in [0.4, 0.5) is 5.95 Å². The van der Waals surface area contributed by atoms with Crippen molar-refractivity contribution in [1.82, 2.24) is 14.1 Å². The average molecular weight is 431 g/mol. The largest absolute Gasteiger partial charge is 0.382 e. The van der Waals surface area contributed by atoms with E-state index in [1.165, 1.54) is 4.57 Å². The second-order valence-electron chi connectivity index (χ2n) is 7.42. The first-order valence-corrected chi connectivity index (χ1v) is 10.7. The van der Waals surface area contributed by atoms with Crippen molar-refractivity contribution < 1.29 is 9.53 Å². The number of ether oxygens (including phenoxy) is 1. The first-order valence-electron chi connectivity index (χ1n) is 10.7. The third-order valence-corrected chi connectivity index (χ3v) is 5.21. The molecular weight excluding hydrogens is 404 g/mol. The van der Waals surface area contributed by atoms with Gasteiger partial charge in [0.2, 0.25) is 5.95 Å². The van der Waals surface area contributed by atoms with Gasteiger partial charge in [0.05, 0.1) is 17.6 Å². The molecule has 0 unspecified atom stereocenters. The molecule has 4 rings (SSSR count). The zero-order valence-corrected chi connectivity index (χ0v) is 18.0. The van der Waals surface area contributed by atoms with Gasteiger partial charge in [-0.3, -0.25) is 14.9 Å². The van der Waals surface area contributed by atoms with Gasteiger partial charge in [-0.05, 0) is 43.2 Å². The zero-order valence-electron chi connectivity index (χ0n) is 18.0. The smallest absolute Gasteiger partial charge is 0.263 e. The third kappa shape index (κ3) is 4.78. The van der Waals surface area contributed by atoms with Crippen LogP contribution in [0.2, 0.25) is 0 Å². The topological polar surface area (TPSA) is 78.1 Å². The van der Waals surface area contributed by atoms with Crippen LogP contribution >= 0.6 is 0 Å². The Labute approximate surface area is 186 Å². The van der Waals surface area contributed by atoms with E-state index in [1.807, 2.05) is 66.1 Å². The summed E-state index contributed by atoms with van der Waals surface area (Å²) < 4.78 is 8.94. The highest BCUT2D eigenvalue weighted by Gasteiger charge is 2.17. The number of carbonyl (C=O) groups is 1. The minimum atomic E-state index is -0.473. The number of benzene rings is 2.